The van der Waals surface area contributed by atoms with Crippen molar-refractivity contribution < 1.29 is 9.53 Å². The van der Waals surface area contributed by atoms with Crippen molar-refractivity contribution in [1.29, 1.82) is 0 Å². The zero-order chi connectivity index (χ0) is 21.5. The number of carbonyl (C=O) groups excluding carboxylic acids is 1. The van der Waals surface area contributed by atoms with Crippen LogP contribution in [-0.2, 0) is 6.54 Å². The van der Waals surface area contributed by atoms with Crippen molar-refractivity contribution in [2.75, 3.05) is 7.11 Å². The van der Waals surface area contributed by atoms with Gasteiger partial charge >= 0.3 is 0 Å². The lowest BCUT2D eigenvalue weighted by Gasteiger charge is -2.43. The first-order chi connectivity index (χ1) is 14.3. The molecule has 4 heteroatoms. The Morgan fingerprint density at radius 2 is 2.00 bits per heavy atom. The summed E-state index contributed by atoms with van der Waals surface area (Å²) < 4.78 is 7.64. The highest BCUT2D eigenvalue weighted by molar-refractivity contribution is 5.99. The lowest BCUT2D eigenvalue weighted by atomic mass is 9.68. The number of hydrogen-bond acceptors (Lipinski definition) is 2. The van der Waals surface area contributed by atoms with Gasteiger partial charge < -0.3 is 14.6 Å². The molecule has 1 aromatic carbocycles. The second-order valence-corrected chi connectivity index (χ2v) is 10.5. The van der Waals surface area contributed by atoms with Gasteiger partial charge in [0.2, 0.25) is 0 Å². The van der Waals surface area contributed by atoms with Gasteiger partial charge in [0.25, 0.3) is 5.91 Å². The number of methoxy groups -OCH3 is 1. The Kier molecular flexibility index (Phi) is 5.63. The molecule has 3 atom stereocenters. The number of fused-ring (bicyclic) bond motifs is 3. The fourth-order valence-electron chi connectivity index (χ4n) is 6.37. The highest BCUT2D eigenvalue weighted by Gasteiger charge is 2.59. The minimum absolute atomic E-state index is 0.0764. The summed E-state index contributed by atoms with van der Waals surface area (Å²) in [6, 6.07) is 8.41. The molecule has 2 fully saturated rings. The molecule has 1 N–H and O–H groups in total. The van der Waals surface area contributed by atoms with Gasteiger partial charge in [0.15, 0.2) is 0 Å². The zero-order valence-corrected chi connectivity index (χ0v) is 19.4. The summed E-state index contributed by atoms with van der Waals surface area (Å²) in [6.45, 7) is 10.2. The van der Waals surface area contributed by atoms with Crippen LogP contribution in [0.3, 0.4) is 0 Å². The smallest absolute Gasteiger partial charge is 0.268 e. The Labute approximate surface area is 181 Å². The van der Waals surface area contributed by atoms with Gasteiger partial charge in [-0.1, -0.05) is 47.0 Å². The van der Waals surface area contributed by atoms with E-state index in [0.29, 0.717) is 0 Å². The van der Waals surface area contributed by atoms with E-state index in [-0.39, 0.29) is 22.8 Å². The normalized spacial score (nSPS) is 27.0. The number of benzene rings is 1. The molecule has 0 spiro atoms. The number of unbranched alkanes of at least 4 members (excludes halogenated alkanes) is 3. The summed E-state index contributed by atoms with van der Waals surface area (Å²) >= 11 is 0. The van der Waals surface area contributed by atoms with Gasteiger partial charge in [-0.15, -0.1) is 0 Å². The third-order valence-corrected chi connectivity index (χ3v) is 8.12. The van der Waals surface area contributed by atoms with Crippen LogP contribution in [0.4, 0.5) is 0 Å². The van der Waals surface area contributed by atoms with Crippen LogP contribution < -0.4 is 10.1 Å². The van der Waals surface area contributed by atoms with Gasteiger partial charge in [-0.2, -0.15) is 0 Å². The fourth-order valence-corrected chi connectivity index (χ4v) is 6.37. The zero-order valence-electron chi connectivity index (χ0n) is 19.4. The number of aryl methyl sites for hydroxylation is 1. The van der Waals surface area contributed by atoms with E-state index >= 15 is 0 Å². The van der Waals surface area contributed by atoms with Crippen molar-refractivity contribution in [1.82, 2.24) is 9.88 Å². The molecule has 1 heterocycles. The van der Waals surface area contributed by atoms with Crippen LogP contribution in [0.1, 0.15) is 83.1 Å². The van der Waals surface area contributed by atoms with E-state index in [1.807, 2.05) is 12.1 Å². The summed E-state index contributed by atoms with van der Waals surface area (Å²) in [5.74, 6) is 1.63. The topological polar surface area (TPSA) is 43.3 Å². The first-order valence-electron chi connectivity index (χ1n) is 11.8. The molecule has 0 radical (unpaired) electrons. The molecule has 2 saturated carbocycles. The Balaban J connectivity index is 1.64. The number of rotatable bonds is 8. The Morgan fingerprint density at radius 1 is 1.20 bits per heavy atom. The minimum atomic E-state index is 0.0764. The second kappa shape index (κ2) is 7.94. The monoisotopic (exact) mass is 410 g/mol. The van der Waals surface area contributed by atoms with Crippen molar-refractivity contribution in [3.63, 3.8) is 0 Å². The van der Waals surface area contributed by atoms with Gasteiger partial charge in [0.1, 0.15) is 11.4 Å². The largest absolute Gasteiger partial charge is 0.497 e. The molecule has 2 aliphatic carbocycles. The Hall–Kier alpha value is -1.97. The first-order valence-corrected chi connectivity index (χ1v) is 11.8. The molecule has 1 aromatic heterocycles. The van der Waals surface area contributed by atoms with Gasteiger partial charge in [0, 0.05) is 23.5 Å². The molecule has 4 nitrogen and oxygen atoms in total. The minimum Gasteiger partial charge on any atom is -0.497 e. The van der Waals surface area contributed by atoms with Crippen LogP contribution >= 0.6 is 0 Å². The van der Waals surface area contributed by atoms with E-state index in [1.54, 1.807) is 7.11 Å². The van der Waals surface area contributed by atoms with Crippen molar-refractivity contribution >= 4 is 16.8 Å². The van der Waals surface area contributed by atoms with Crippen LogP contribution in [0.15, 0.2) is 24.3 Å². The van der Waals surface area contributed by atoms with E-state index in [1.165, 1.54) is 38.5 Å². The van der Waals surface area contributed by atoms with Crippen molar-refractivity contribution in [2.24, 2.45) is 16.7 Å². The fraction of sp³-hybridized carbons (Fsp3) is 0.654. The predicted molar refractivity (Wildman–Crippen MR) is 123 cm³/mol. The molecular formula is C26H38N2O2. The van der Waals surface area contributed by atoms with E-state index < -0.39 is 0 Å². The molecule has 0 saturated heterocycles. The highest BCUT2D eigenvalue weighted by atomic mass is 16.5. The maximum absolute atomic E-state index is 13.6. The lowest BCUT2D eigenvalue weighted by Crippen LogP contribution is -2.52. The molecular weight excluding hydrogens is 372 g/mol. The van der Waals surface area contributed by atoms with Gasteiger partial charge in [0.05, 0.1) is 7.11 Å². The maximum Gasteiger partial charge on any atom is 0.268 e. The molecule has 164 valence electrons. The van der Waals surface area contributed by atoms with Crippen LogP contribution in [0.2, 0.25) is 0 Å². The molecule has 2 bridgehead atoms. The first kappa shape index (κ1) is 21.3. The van der Waals surface area contributed by atoms with Crippen molar-refractivity contribution in [3.8, 4) is 5.75 Å². The molecule has 4 rings (SSSR count). The highest BCUT2D eigenvalue weighted by Crippen LogP contribution is 2.62. The van der Waals surface area contributed by atoms with E-state index in [4.69, 9.17) is 4.74 Å². The maximum atomic E-state index is 13.6. The number of aromatic nitrogens is 1. The third-order valence-electron chi connectivity index (χ3n) is 8.12. The van der Waals surface area contributed by atoms with E-state index in [0.717, 1.165) is 41.2 Å². The summed E-state index contributed by atoms with van der Waals surface area (Å²) in [7, 11) is 1.69. The lowest BCUT2D eigenvalue weighted by molar-refractivity contribution is 0.0729. The van der Waals surface area contributed by atoms with Crippen molar-refractivity contribution in [2.45, 2.75) is 85.2 Å². The number of nitrogens with zero attached hydrogens (tertiary/aromatic N) is 1. The molecule has 1 amide bonds. The SMILES string of the molecule is CCCCCCn1c(C(=O)NC2C(C)(C)C3CC[C@]2(C)C3)cc2cc(OC)ccc21. The summed E-state index contributed by atoms with van der Waals surface area (Å²) in [5.41, 5.74) is 2.29. The molecule has 0 aliphatic heterocycles. The van der Waals surface area contributed by atoms with Gasteiger partial charge in [-0.3, -0.25) is 4.79 Å². The number of ether oxygens (including phenoxy) is 1. The summed E-state index contributed by atoms with van der Waals surface area (Å²) in [5, 5.41) is 4.58. The molecule has 30 heavy (non-hydrogen) atoms. The number of nitrogens with one attached hydrogen (secondary N) is 1. The predicted octanol–water partition coefficient (Wildman–Crippen LogP) is 6.17. The van der Waals surface area contributed by atoms with E-state index in [2.05, 4.69) is 49.7 Å². The number of hydrogen-bond donors (Lipinski definition) is 1. The van der Waals surface area contributed by atoms with Crippen molar-refractivity contribution in [3.05, 3.63) is 30.0 Å². The van der Waals surface area contributed by atoms with Gasteiger partial charge in [-0.25, -0.2) is 0 Å². The molecule has 2 aromatic rings. The standard InChI is InChI=1S/C26H38N2O2/c1-6-7-8-9-14-28-21-11-10-20(30-5)15-18(21)16-22(28)23(29)27-24-25(2,3)19-12-13-26(24,4)17-19/h10-11,15-16,19,24H,6-9,12-14,17H2,1-5H3,(H,27,29)/t19?,24?,26-/m1/s1. The van der Waals surface area contributed by atoms with Crippen LogP contribution in [0.25, 0.3) is 10.9 Å². The number of amides is 1. The summed E-state index contributed by atoms with van der Waals surface area (Å²) in [6.07, 6.45) is 8.51. The second-order valence-electron chi connectivity index (χ2n) is 10.5. The molecule has 2 unspecified atom stereocenters. The van der Waals surface area contributed by atoms with E-state index in [9.17, 15) is 4.79 Å². The van der Waals surface area contributed by atoms with Crippen LogP contribution in [0, 0.1) is 16.7 Å². The summed E-state index contributed by atoms with van der Waals surface area (Å²) in [4.78, 5) is 13.6. The number of carbonyl (C=O) groups is 1. The van der Waals surface area contributed by atoms with Crippen LogP contribution in [-0.4, -0.2) is 23.6 Å². The van der Waals surface area contributed by atoms with Gasteiger partial charge in [-0.05, 0) is 66.7 Å². The Bertz CT molecular complexity index is 924. The quantitative estimate of drug-likeness (QED) is 0.528. The average molecular weight is 411 g/mol. The molecule has 2 aliphatic rings. The third kappa shape index (κ3) is 3.52. The van der Waals surface area contributed by atoms with Crippen LogP contribution in [0.5, 0.6) is 5.75 Å². The average Bonchev–Trinajstić information content (AvgIpc) is 3.34. The Morgan fingerprint density at radius 3 is 2.67 bits per heavy atom.